The number of rotatable bonds is 3. The van der Waals surface area contributed by atoms with Crippen molar-refractivity contribution in [1.29, 1.82) is 0 Å². The first-order valence-corrected chi connectivity index (χ1v) is 5.86. The Hall–Kier alpha value is -2.47. The number of benzene rings is 1. The molecule has 0 unspecified atom stereocenters. The van der Waals surface area contributed by atoms with Crippen LogP contribution in [0.4, 0.5) is 0 Å². The Labute approximate surface area is 108 Å². The molecule has 0 saturated carbocycles. The summed E-state index contributed by atoms with van der Waals surface area (Å²) in [5.41, 5.74) is 7.44. The first-order chi connectivity index (χ1) is 9.22. The van der Waals surface area contributed by atoms with Crippen molar-refractivity contribution >= 4 is 27.8 Å². The molecule has 0 fully saturated rings. The molecule has 6 nitrogen and oxygen atoms in total. The molecule has 0 bridgehead atoms. The van der Waals surface area contributed by atoms with Gasteiger partial charge in [-0.3, -0.25) is 4.79 Å². The van der Waals surface area contributed by atoms with Crippen molar-refractivity contribution in [3.05, 3.63) is 36.3 Å². The van der Waals surface area contributed by atoms with Crippen molar-refractivity contribution in [3.8, 4) is 0 Å². The number of aliphatic hydroxyl groups excluding tert-OH is 1. The molecule has 19 heavy (non-hydrogen) atoms. The number of imidazole rings is 1. The number of fused-ring (bicyclic) bond motifs is 3. The first kappa shape index (κ1) is 11.6. The van der Waals surface area contributed by atoms with Gasteiger partial charge in [0, 0.05) is 11.9 Å². The van der Waals surface area contributed by atoms with E-state index in [4.69, 9.17) is 10.8 Å². The summed E-state index contributed by atoms with van der Waals surface area (Å²) < 4.78 is 1.80. The fourth-order valence-electron chi connectivity index (χ4n) is 2.23. The number of aliphatic hydroxyl groups is 1. The van der Waals surface area contributed by atoms with E-state index < -0.39 is 5.91 Å². The highest BCUT2D eigenvalue weighted by molar-refractivity contribution is 6.11. The van der Waals surface area contributed by atoms with E-state index in [1.165, 1.54) is 0 Å². The van der Waals surface area contributed by atoms with Crippen molar-refractivity contribution in [2.24, 2.45) is 5.73 Å². The zero-order valence-electron chi connectivity index (χ0n) is 10.1. The molecule has 1 amide bonds. The van der Waals surface area contributed by atoms with Crippen molar-refractivity contribution in [3.63, 3.8) is 0 Å². The van der Waals surface area contributed by atoms with Gasteiger partial charge in [-0.25, -0.2) is 9.97 Å². The molecule has 3 rings (SSSR count). The minimum absolute atomic E-state index is 0.00594. The van der Waals surface area contributed by atoms with Crippen molar-refractivity contribution in [2.45, 2.75) is 6.54 Å². The minimum Gasteiger partial charge on any atom is -0.395 e. The maximum atomic E-state index is 11.5. The Bertz CT molecular complexity index is 779. The maximum absolute atomic E-state index is 11.5. The molecule has 96 valence electrons. The normalized spacial score (nSPS) is 11.2. The molecule has 0 atom stereocenters. The van der Waals surface area contributed by atoms with Gasteiger partial charge in [0.15, 0.2) is 5.69 Å². The molecule has 1 aromatic carbocycles. The van der Waals surface area contributed by atoms with Crippen LogP contribution in [0.5, 0.6) is 0 Å². The number of amides is 1. The second-order valence-corrected chi connectivity index (χ2v) is 4.20. The summed E-state index contributed by atoms with van der Waals surface area (Å²) in [5, 5.41) is 9.98. The standard InChI is InChI=1S/C13H12N4O2/c14-13(19)11-10-12(17(5-6-18)7-15-10)8-3-1-2-4-9(8)16-11/h1-4,7,18H,5-6H2,(H2,14,19). The van der Waals surface area contributed by atoms with Gasteiger partial charge in [0.25, 0.3) is 5.91 Å². The summed E-state index contributed by atoms with van der Waals surface area (Å²) in [6.07, 6.45) is 1.58. The number of nitrogens with two attached hydrogens (primary N) is 1. The average Bonchev–Trinajstić information content (AvgIpc) is 2.82. The summed E-state index contributed by atoms with van der Waals surface area (Å²) in [6.45, 7) is 0.400. The predicted octanol–water partition coefficient (Wildman–Crippen LogP) is 0.676. The number of primary amides is 1. The van der Waals surface area contributed by atoms with Crippen molar-refractivity contribution < 1.29 is 9.90 Å². The number of hydrogen-bond donors (Lipinski definition) is 2. The van der Waals surface area contributed by atoms with Crippen LogP contribution in [0, 0.1) is 0 Å². The van der Waals surface area contributed by atoms with E-state index in [9.17, 15) is 4.79 Å². The fourth-order valence-corrected chi connectivity index (χ4v) is 2.23. The molecule has 0 saturated heterocycles. The van der Waals surface area contributed by atoms with Crippen LogP contribution in [0.2, 0.25) is 0 Å². The summed E-state index contributed by atoms with van der Waals surface area (Å²) in [7, 11) is 0. The highest BCUT2D eigenvalue weighted by Gasteiger charge is 2.16. The van der Waals surface area contributed by atoms with Crippen LogP contribution in [0.1, 0.15) is 10.5 Å². The van der Waals surface area contributed by atoms with Gasteiger partial charge in [-0.1, -0.05) is 18.2 Å². The molecule has 0 spiro atoms. The van der Waals surface area contributed by atoms with E-state index in [0.29, 0.717) is 17.6 Å². The average molecular weight is 256 g/mol. The molecule has 6 heteroatoms. The highest BCUT2D eigenvalue weighted by Crippen LogP contribution is 2.25. The third kappa shape index (κ3) is 1.73. The molecule has 0 aliphatic heterocycles. The third-order valence-electron chi connectivity index (χ3n) is 3.03. The molecule has 0 aliphatic carbocycles. The van der Waals surface area contributed by atoms with Crippen LogP contribution < -0.4 is 5.73 Å². The second-order valence-electron chi connectivity index (χ2n) is 4.20. The Balaban J connectivity index is 2.48. The Kier molecular flexibility index (Phi) is 2.64. The largest absolute Gasteiger partial charge is 0.395 e. The maximum Gasteiger partial charge on any atom is 0.269 e. The lowest BCUT2D eigenvalue weighted by Crippen LogP contribution is -2.14. The van der Waals surface area contributed by atoms with Crippen molar-refractivity contribution in [1.82, 2.24) is 14.5 Å². The molecule has 0 radical (unpaired) electrons. The van der Waals surface area contributed by atoms with Crippen LogP contribution in [-0.2, 0) is 6.54 Å². The second kappa shape index (κ2) is 4.33. The Morgan fingerprint density at radius 2 is 2.16 bits per heavy atom. The number of pyridine rings is 1. The van der Waals surface area contributed by atoms with Crippen LogP contribution in [-0.4, -0.2) is 32.2 Å². The smallest absolute Gasteiger partial charge is 0.269 e. The lowest BCUT2D eigenvalue weighted by atomic mass is 10.1. The fraction of sp³-hybridized carbons (Fsp3) is 0.154. The van der Waals surface area contributed by atoms with E-state index in [0.717, 1.165) is 10.9 Å². The van der Waals surface area contributed by atoms with Gasteiger partial charge in [0.2, 0.25) is 0 Å². The number of hydrogen-bond acceptors (Lipinski definition) is 4. The van der Waals surface area contributed by atoms with Gasteiger partial charge in [0.1, 0.15) is 5.52 Å². The van der Waals surface area contributed by atoms with Crippen LogP contribution in [0.15, 0.2) is 30.6 Å². The van der Waals surface area contributed by atoms with Crippen LogP contribution in [0.3, 0.4) is 0 Å². The zero-order valence-corrected chi connectivity index (χ0v) is 10.1. The molecular formula is C13H12N4O2. The van der Waals surface area contributed by atoms with E-state index >= 15 is 0 Å². The van der Waals surface area contributed by atoms with E-state index in [1.807, 2.05) is 24.3 Å². The lowest BCUT2D eigenvalue weighted by molar-refractivity contribution is 0.0997. The predicted molar refractivity (Wildman–Crippen MR) is 70.6 cm³/mol. The third-order valence-corrected chi connectivity index (χ3v) is 3.03. The summed E-state index contributed by atoms with van der Waals surface area (Å²) in [5.74, 6) is -0.606. The van der Waals surface area contributed by atoms with E-state index in [1.54, 1.807) is 10.9 Å². The highest BCUT2D eigenvalue weighted by atomic mass is 16.3. The summed E-state index contributed by atoms with van der Waals surface area (Å²) in [4.78, 5) is 19.9. The number of nitrogens with zero attached hydrogens (tertiary/aromatic N) is 3. The van der Waals surface area contributed by atoms with E-state index in [-0.39, 0.29) is 12.3 Å². The topological polar surface area (TPSA) is 94.0 Å². The molecule has 3 aromatic rings. The first-order valence-electron chi connectivity index (χ1n) is 5.86. The number of aromatic nitrogens is 3. The minimum atomic E-state index is -0.606. The van der Waals surface area contributed by atoms with Gasteiger partial charge >= 0.3 is 0 Å². The Morgan fingerprint density at radius 1 is 1.37 bits per heavy atom. The molecule has 0 aliphatic rings. The van der Waals surface area contributed by atoms with Gasteiger partial charge in [-0.2, -0.15) is 0 Å². The number of carbonyl (C=O) groups excluding carboxylic acids is 1. The van der Waals surface area contributed by atoms with Crippen molar-refractivity contribution in [2.75, 3.05) is 6.61 Å². The molecule has 2 aromatic heterocycles. The zero-order chi connectivity index (χ0) is 13.4. The molecular weight excluding hydrogens is 244 g/mol. The molecule has 2 heterocycles. The van der Waals surface area contributed by atoms with Crippen LogP contribution >= 0.6 is 0 Å². The van der Waals surface area contributed by atoms with Gasteiger partial charge in [0.05, 0.1) is 24.0 Å². The SMILES string of the molecule is NC(=O)c1nc2ccccc2c2c1ncn2CCO. The van der Waals surface area contributed by atoms with E-state index in [2.05, 4.69) is 9.97 Å². The van der Waals surface area contributed by atoms with Gasteiger partial charge in [-0.15, -0.1) is 0 Å². The Morgan fingerprint density at radius 3 is 2.89 bits per heavy atom. The van der Waals surface area contributed by atoms with Crippen LogP contribution in [0.25, 0.3) is 21.9 Å². The van der Waals surface area contributed by atoms with Gasteiger partial charge in [-0.05, 0) is 6.07 Å². The number of para-hydroxylation sites is 1. The summed E-state index contributed by atoms with van der Waals surface area (Å²) in [6, 6.07) is 7.46. The number of carbonyl (C=O) groups is 1. The molecule has 3 N–H and O–H groups in total. The lowest BCUT2D eigenvalue weighted by Gasteiger charge is -2.06. The summed E-state index contributed by atoms with van der Waals surface area (Å²) >= 11 is 0. The quantitative estimate of drug-likeness (QED) is 0.720. The van der Waals surface area contributed by atoms with Gasteiger partial charge < -0.3 is 15.4 Å². The monoisotopic (exact) mass is 256 g/mol.